The van der Waals surface area contributed by atoms with E-state index in [0.717, 1.165) is 30.3 Å². The largest absolute Gasteiger partial charge is 0.490 e. The Labute approximate surface area is 116 Å². The van der Waals surface area contributed by atoms with Crippen molar-refractivity contribution >= 4 is 5.69 Å². The predicted octanol–water partition coefficient (Wildman–Crippen LogP) is 4.01. The molecule has 0 radical (unpaired) electrons. The fourth-order valence-corrected chi connectivity index (χ4v) is 2.62. The summed E-state index contributed by atoms with van der Waals surface area (Å²) in [6.07, 6.45) is 5.32. The van der Waals surface area contributed by atoms with Crippen LogP contribution in [0.5, 0.6) is 11.5 Å². The number of hydrogen-bond donors (Lipinski definition) is 1. The maximum atomic E-state index is 6.07. The van der Waals surface area contributed by atoms with Gasteiger partial charge in [0, 0.05) is 6.07 Å². The molecule has 0 aromatic heterocycles. The van der Waals surface area contributed by atoms with Gasteiger partial charge in [-0.2, -0.15) is 0 Å². The highest BCUT2D eigenvalue weighted by atomic mass is 16.5. The average molecular weight is 263 g/mol. The van der Waals surface area contributed by atoms with Gasteiger partial charge in [-0.05, 0) is 51.2 Å². The summed E-state index contributed by atoms with van der Waals surface area (Å²) >= 11 is 0. The molecule has 2 atom stereocenters. The van der Waals surface area contributed by atoms with Crippen molar-refractivity contribution in [2.45, 2.75) is 58.7 Å². The Kier molecular flexibility index (Phi) is 4.56. The number of hydrogen-bond acceptors (Lipinski definition) is 3. The van der Waals surface area contributed by atoms with Crippen LogP contribution in [0.1, 0.15) is 46.5 Å². The molecule has 2 rings (SSSR count). The summed E-state index contributed by atoms with van der Waals surface area (Å²) in [5, 5.41) is 0. The van der Waals surface area contributed by atoms with Crippen molar-refractivity contribution in [3.8, 4) is 11.5 Å². The Morgan fingerprint density at radius 2 is 2.05 bits per heavy atom. The van der Waals surface area contributed by atoms with Crippen LogP contribution in [0, 0.1) is 5.92 Å². The fourth-order valence-electron chi connectivity index (χ4n) is 2.62. The lowest BCUT2D eigenvalue weighted by Crippen LogP contribution is -2.24. The van der Waals surface area contributed by atoms with E-state index in [4.69, 9.17) is 15.2 Å². The predicted molar refractivity (Wildman–Crippen MR) is 78.7 cm³/mol. The van der Waals surface area contributed by atoms with Gasteiger partial charge in [-0.15, -0.1) is 0 Å². The van der Waals surface area contributed by atoms with E-state index in [-0.39, 0.29) is 6.10 Å². The van der Waals surface area contributed by atoms with Crippen molar-refractivity contribution in [3.63, 3.8) is 0 Å². The number of rotatable bonds is 4. The molecule has 0 bridgehead atoms. The van der Waals surface area contributed by atoms with E-state index in [1.165, 1.54) is 12.8 Å². The normalized spacial score (nSPS) is 23.4. The van der Waals surface area contributed by atoms with Gasteiger partial charge in [0.2, 0.25) is 0 Å². The van der Waals surface area contributed by atoms with Crippen molar-refractivity contribution in [2.75, 3.05) is 5.73 Å². The molecule has 0 amide bonds. The van der Waals surface area contributed by atoms with Crippen LogP contribution in [0.4, 0.5) is 5.69 Å². The fraction of sp³-hybridized carbons (Fsp3) is 0.625. The molecule has 1 aromatic carbocycles. The van der Waals surface area contributed by atoms with Crippen molar-refractivity contribution in [1.82, 2.24) is 0 Å². The molecule has 0 aliphatic heterocycles. The summed E-state index contributed by atoms with van der Waals surface area (Å²) in [7, 11) is 0. The van der Waals surface area contributed by atoms with Crippen LogP contribution in [-0.2, 0) is 0 Å². The molecule has 1 saturated carbocycles. The van der Waals surface area contributed by atoms with E-state index in [1.54, 1.807) is 0 Å². The minimum atomic E-state index is 0.118. The van der Waals surface area contributed by atoms with Crippen molar-refractivity contribution < 1.29 is 9.47 Å². The standard InChI is InChI=1S/C16H25NO2/c1-11(2)18-16-10-14(7-8-15(16)17)19-13-6-4-5-12(3)9-13/h7-8,10-13H,4-6,9,17H2,1-3H3. The van der Waals surface area contributed by atoms with E-state index in [0.29, 0.717) is 11.8 Å². The zero-order chi connectivity index (χ0) is 13.8. The van der Waals surface area contributed by atoms with E-state index in [9.17, 15) is 0 Å². The van der Waals surface area contributed by atoms with Crippen LogP contribution in [0.2, 0.25) is 0 Å². The van der Waals surface area contributed by atoms with E-state index >= 15 is 0 Å². The zero-order valence-corrected chi connectivity index (χ0v) is 12.2. The molecule has 3 heteroatoms. The van der Waals surface area contributed by atoms with Crippen molar-refractivity contribution in [1.29, 1.82) is 0 Å². The van der Waals surface area contributed by atoms with Crippen LogP contribution in [0.15, 0.2) is 18.2 Å². The molecule has 1 aromatic rings. The second kappa shape index (κ2) is 6.18. The summed E-state index contributed by atoms with van der Waals surface area (Å²) in [6.45, 7) is 6.29. The third-order valence-electron chi connectivity index (χ3n) is 3.54. The molecule has 2 N–H and O–H groups in total. The third kappa shape index (κ3) is 4.05. The lowest BCUT2D eigenvalue weighted by Gasteiger charge is -2.27. The monoisotopic (exact) mass is 263 g/mol. The molecular formula is C16H25NO2. The van der Waals surface area contributed by atoms with Crippen molar-refractivity contribution in [2.24, 2.45) is 5.92 Å². The molecule has 1 aliphatic carbocycles. The molecule has 106 valence electrons. The molecule has 2 unspecified atom stereocenters. The first-order valence-electron chi connectivity index (χ1n) is 7.27. The van der Waals surface area contributed by atoms with Gasteiger partial charge >= 0.3 is 0 Å². The number of benzene rings is 1. The van der Waals surface area contributed by atoms with Gasteiger partial charge in [0.15, 0.2) is 0 Å². The Bertz CT molecular complexity index is 417. The van der Waals surface area contributed by atoms with Gasteiger partial charge in [0.25, 0.3) is 0 Å². The molecule has 0 spiro atoms. The Morgan fingerprint density at radius 1 is 1.26 bits per heavy atom. The Hall–Kier alpha value is -1.38. The first kappa shape index (κ1) is 14.0. The van der Waals surface area contributed by atoms with Crippen LogP contribution in [0.25, 0.3) is 0 Å². The third-order valence-corrected chi connectivity index (χ3v) is 3.54. The van der Waals surface area contributed by atoms with Crippen LogP contribution in [-0.4, -0.2) is 12.2 Å². The maximum Gasteiger partial charge on any atom is 0.146 e. The Morgan fingerprint density at radius 3 is 2.74 bits per heavy atom. The lowest BCUT2D eigenvalue weighted by molar-refractivity contribution is 0.128. The summed E-state index contributed by atoms with van der Waals surface area (Å²) in [5.74, 6) is 2.35. The summed E-state index contributed by atoms with van der Waals surface area (Å²) in [5.41, 5.74) is 6.58. The van der Waals surface area contributed by atoms with Crippen LogP contribution >= 0.6 is 0 Å². The first-order valence-corrected chi connectivity index (χ1v) is 7.27. The van der Waals surface area contributed by atoms with Crippen molar-refractivity contribution in [3.05, 3.63) is 18.2 Å². The van der Waals surface area contributed by atoms with Gasteiger partial charge in [-0.25, -0.2) is 0 Å². The summed E-state index contributed by atoms with van der Waals surface area (Å²) in [6, 6.07) is 5.70. The van der Waals surface area contributed by atoms with Gasteiger partial charge in [-0.1, -0.05) is 13.3 Å². The zero-order valence-electron chi connectivity index (χ0n) is 12.2. The van der Waals surface area contributed by atoms with Gasteiger partial charge in [0.1, 0.15) is 11.5 Å². The SMILES string of the molecule is CC1CCCC(Oc2ccc(N)c(OC(C)C)c2)C1. The van der Waals surface area contributed by atoms with Gasteiger partial charge in [0.05, 0.1) is 17.9 Å². The average Bonchev–Trinajstić information content (AvgIpc) is 2.33. The van der Waals surface area contributed by atoms with E-state index in [2.05, 4.69) is 6.92 Å². The minimum Gasteiger partial charge on any atom is -0.490 e. The quantitative estimate of drug-likeness (QED) is 0.835. The minimum absolute atomic E-state index is 0.118. The van der Waals surface area contributed by atoms with Crippen LogP contribution in [0.3, 0.4) is 0 Å². The first-order chi connectivity index (χ1) is 9.04. The smallest absolute Gasteiger partial charge is 0.146 e. The maximum absolute atomic E-state index is 6.07. The lowest BCUT2D eigenvalue weighted by atomic mass is 9.89. The number of ether oxygens (including phenoxy) is 2. The Balaban J connectivity index is 2.03. The highest BCUT2D eigenvalue weighted by Gasteiger charge is 2.20. The molecule has 0 heterocycles. The molecule has 1 aliphatic rings. The number of nitrogen functional groups attached to an aromatic ring is 1. The molecule has 1 fully saturated rings. The summed E-state index contributed by atoms with van der Waals surface area (Å²) in [4.78, 5) is 0. The second-order valence-corrected chi connectivity index (χ2v) is 5.88. The van der Waals surface area contributed by atoms with E-state index < -0.39 is 0 Å². The van der Waals surface area contributed by atoms with E-state index in [1.807, 2.05) is 32.0 Å². The number of anilines is 1. The number of nitrogens with two attached hydrogens (primary N) is 1. The topological polar surface area (TPSA) is 44.5 Å². The molecule has 3 nitrogen and oxygen atoms in total. The molecule has 0 saturated heterocycles. The van der Waals surface area contributed by atoms with Gasteiger partial charge < -0.3 is 15.2 Å². The highest BCUT2D eigenvalue weighted by molar-refractivity contribution is 5.55. The molecular weight excluding hydrogens is 238 g/mol. The summed E-state index contributed by atoms with van der Waals surface area (Å²) < 4.78 is 11.8. The van der Waals surface area contributed by atoms with Gasteiger partial charge in [-0.3, -0.25) is 0 Å². The van der Waals surface area contributed by atoms with Crippen LogP contribution < -0.4 is 15.2 Å². The molecule has 19 heavy (non-hydrogen) atoms. The highest BCUT2D eigenvalue weighted by Crippen LogP contribution is 2.31. The second-order valence-electron chi connectivity index (χ2n) is 5.88.